The molecule has 0 aliphatic heterocycles. The maximum absolute atomic E-state index is 11.3. The van der Waals surface area contributed by atoms with Gasteiger partial charge in [-0.25, -0.2) is 4.79 Å². The Hall–Kier alpha value is -1.55. The van der Waals surface area contributed by atoms with E-state index < -0.39 is 11.3 Å². The van der Waals surface area contributed by atoms with E-state index in [0.29, 0.717) is 0 Å². The van der Waals surface area contributed by atoms with E-state index in [0.717, 1.165) is 10.5 Å². The van der Waals surface area contributed by atoms with E-state index >= 15 is 0 Å². The van der Waals surface area contributed by atoms with Gasteiger partial charge in [0.15, 0.2) is 0 Å². The summed E-state index contributed by atoms with van der Waals surface area (Å²) in [6.07, 6.45) is -0.571. The second kappa shape index (κ2) is 6.12. The van der Waals surface area contributed by atoms with Crippen molar-refractivity contribution in [1.29, 1.82) is 0 Å². The van der Waals surface area contributed by atoms with E-state index in [1.54, 1.807) is 0 Å². The molecule has 0 heterocycles. The summed E-state index contributed by atoms with van der Waals surface area (Å²) >= 11 is 5.15. The first kappa shape index (κ1) is 12.5. The van der Waals surface area contributed by atoms with Crippen molar-refractivity contribution >= 4 is 22.9 Å². The summed E-state index contributed by atoms with van der Waals surface area (Å²) < 4.78 is 4.97. The molecule has 0 N–H and O–H groups in total. The lowest BCUT2D eigenvalue weighted by atomic mass is 10.2. The molecule has 0 radical (unpaired) electrons. The van der Waals surface area contributed by atoms with Crippen LogP contribution in [0.5, 0.6) is 0 Å². The lowest BCUT2D eigenvalue weighted by Crippen LogP contribution is -2.30. The van der Waals surface area contributed by atoms with Crippen molar-refractivity contribution in [2.24, 2.45) is 0 Å². The Kier molecular flexibility index (Phi) is 4.79. The molecular formula is C11H12ClNO3. The summed E-state index contributed by atoms with van der Waals surface area (Å²) in [7, 11) is 1.45. The van der Waals surface area contributed by atoms with Crippen molar-refractivity contribution in [3.8, 4) is 0 Å². The molecule has 0 fully saturated rings. The number of ether oxygens (including phenoxy) is 1. The number of nitrogens with zero attached hydrogens (tertiary/aromatic N) is 1. The molecule has 0 aliphatic rings. The molecule has 16 heavy (non-hydrogen) atoms. The number of hydrogen-bond acceptors (Lipinski definition) is 3. The largest absolute Gasteiger partial charge is 0.445 e. The van der Waals surface area contributed by atoms with E-state index in [2.05, 4.69) is 0 Å². The van der Waals surface area contributed by atoms with E-state index in [9.17, 15) is 9.59 Å². The van der Waals surface area contributed by atoms with Crippen LogP contribution in [0.2, 0.25) is 0 Å². The van der Waals surface area contributed by atoms with Gasteiger partial charge in [0.05, 0.1) is 6.54 Å². The van der Waals surface area contributed by atoms with Gasteiger partial charge in [-0.05, 0) is 17.2 Å². The predicted octanol–water partition coefficient (Wildman–Crippen LogP) is 2.02. The van der Waals surface area contributed by atoms with Gasteiger partial charge in [-0.15, -0.1) is 0 Å². The van der Waals surface area contributed by atoms with Gasteiger partial charge in [-0.2, -0.15) is 0 Å². The minimum absolute atomic E-state index is 0.158. The lowest BCUT2D eigenvalue weighted by molar-refractivity contribution is -0.112. The van der Waals surface area contributed by atoms with Crippen molar-refractivity contribution < 1.29 is 14.3 Å². The summed E-state index contributed by atoms with van der Waals surface area (Å²) in [5, 5.41) is -0.598. The van der Waals surface area contributed by atoms with Crippen LogP contribution in [-0.2, 0) is 16.1 Å². The number of amides is 1. The first-order chi connectivity index (χ1) is 7.59. The van der Waals surface area contributed by atoms with E-state index in [-0.39, 0.29) is 13.2 Å². The van der Waals surface area contributed by atoms with Crippen molar-refractivity contribution in [2.45, 2.75) is 6.61 Å². The Morgan fingerprint density at radius 3 is 2.50 bits per heavy atom. The van der Waals surface area contributed by atoms with Gasteiger partial charge in [-0.1, -0.05) is 30.3 Å². The summed E-state index contributed by atoms with van der Waals surface area (Å²) in [5.41, 5.74) is 0.890. The summed E-state index contributed by atoms with van der Waals surface area (Å²) in [6, 6.07) is 9.29. The van der Waals surface area contributed by atoms with E-state index in [1.807, 2.05) is 30.3 Å². The summed E-state index contributed by atoms with van der Waals surface area (Å²) in [6.45, 7) is 0.0235. The molecule has 1 rings (SSSR count). The zero-order valence-corrected chi connectivity index (χ0v) is 9.61. The highest BCUT2D eigenvalue weighted by Crippen LogP contribution is 2.02. The Morgan fingerprint density at radius 2 is 1.94 bits per heavy atom. The van der Waals surface area contributed by atoms with Gasteiger partial charge in [0, 0.05) is 7.05 Å². The molecule has 4 nitrogen and oxygen atoms in total. The molecule has 1 aromatic rings. The molecule has 1 amide bonds. The number of likely N-dealkylation sites (N-methyl/N-ethyl adjacent to an activating group) is 1. The minimum Gasteiger partial charge on any atom is -0.445 e. The molecule has 0 aromatic heterocycles. The average Bonchev–Trinajstić information content (AvgIpc) is 2.26. The number of carbonyl (C=O) groups is 2. The molecule has 5 heteroatoms. The maximum atomic E-state index is 11.3. The highest BCUT2D eigenvalue weighted by Gasteiger charge is 2.12. The fourth-order valence-corrected chi connectivity index (χ4v) is 1.26. The van der Waals surface area contributed by atoms with E-state index in [1.165, 1.54) is 7.05 Å². The monoisotopic (exact) mass is 241 g/mol. The smallest absolute Gasteiger partial charge is 0.410 e. The second-order valence-corrected chi connectivity index (χ2v) is 3.67. The molecule has 86 valence electrons. The van der Waals surface area contributed by atoms with Crippen LogP contribution in [0, 0.1) is 0 Å². The molecule has 0 spiro atoms. The molecule has 0 bridgehead atoms. The minimum atomic E-state index is -0.598. The van der Waals surface area contributed by atoms with Crippen LogP contribution in [-0.4, -0.2) is 29.8 Å². The number of carbonyl (C=O) groups excluding carboxylic acids is 2. The van der Waals surface area contributed by atoms with Crippen LogP contribution in [0.15, 0.2) is 30.3 Å². The third kappa shape index (κ3) is 4.31. The second-order valence-electron chi connectivity index (χ2n) is 3.25. The lowest BCUT2D eigenvalue weighted by Gasteiger charge is -2.14. The molecule has 0 atom stereocenters. The van der Waals surface area contributed by atoms with E-state index in [4.69, 9.17) is 16.3 Å². The first-order valence-electron chi connectivity index (χ1n) is 4.69. The quantitative estimate of drug-likeness (QED) is 0.758. The van der Waals surface area contributed by atoms with Crippen LogP contribution in [0.4, 0.5) is 4.79 Å². The van der Waals surface area contributed by atoms with Gasteiger partial charge in [0.2, 0.25) is 5.24 Å². The fraction of sp³-hybridized carbons (Fsp3) is 0.273. The molecule has 1 aromatic carbocycles. The third-order valence-electron chi connectivity index (χ3n) is 1.88. The number of rotatable bonds is 4. The number of halogens is 1. The fourth-order valence-electron chi connectivity index (χ4n) is 1.08. The van der Waals surface area contributed by atoms with Gasteiger partial charge in [0.25, 0.3) is 0 Å². The van der Waals surface area contributed by atoms with Crippen molar-refractivity contribution in [3.05, 3.63) is 35.9 Å². The topological polar surface area (TPSA) is 46.6 Å². The molecule has 0 saturated heterocycles. The predicted molar refractivity (Wildman–Crippen MR) is 60.1 cm³/mol. The van der Waals surface area contributed by atoms with Crippen LogP contribution in [0.1, 0.15) is 5.56 Å². The highest BCUT2D eigenvalue weighted by molar-refractivity contribution is 6.64. The standard InChI is InChI=1S/C11H12ClNO3/c1-13(7-10(12)14)11(15)16-8-9-5-3-2-4-6-9/h2-6H,7-8H2,1H3. The van der Waals surface area contributed by atoms with Crippen LogP contribution < -0.4 is 0 Å². The summed E-state index contributed by atoms with van der Waals surface area (Å²) in [5.74, 6) is 0. The normalized spacial score (nSPS) is 9.62. The Labute approximate surface area is 98.8 Å². The average molecular weight is 242 g/mol. The third-order valence-corrected chi connectivity index (χ3v) is 2.00. The molecular weight excluding hydrogens is 230 g/mol. The SMILES string of the molecule is CN(CC(=O)Cl)C(=O)OCc1ccccc1. The Morgan fingerprint density at radius 1 is 1.31 bits per heavy atom. The van der Waals surface area contributed by atoms with Gasteiger partial charge in [0.1, 0.15) is 6.61 Å². The van der Waals surface area contributed by atoms with Crippen LogP contribution in [0.25, 0.3) is 0 Å². The van der Waals surface area contributed by atoms with Gasteiger partial charge < -0.3 is 9.64 Å². The van der Waals surface area contributed by atoms with Gasteiger partial charge >= 0.3 is 6.09 Å². The first-order valence-corrected chi connectivity index (χ1v) is 5.07. The van der Waals surface area contributed by atoms with Crippen molar-refractivity contribution in [2.75, 3.05) is 13.6 Å². The molecule has 0 saturated carbocycles. The van der Waals surface area contributed by atoms with Crippen molar-refractivity contribution in [3.63, 3.8) is 0 Å². The highest BCUT2D eigenvalue weighted by atomic mass is 35.5. The van der Waals surface area contributed by atoms with Gasteiger partial charge in [-0.3, -0.25) is 4.79 Å². The molecule has 0 unspecified atom stereocenters. The van der Waals surface area contributed by atoms with Crippen molar-refractivity contribution in [1.82, 2.24) is 4.90 Å². The zero-order valence-electron chi connectivity index (χ0n) is 8.85. The molecule has 0 aliphatic carbocycles. The summed E-state index contributed by atoms with van der Waals surface area (Å²) in [4.78, 5) is 23.0. The Bertz CT molecular complexity index is 367. The zero-order chi connectivity index (χ0) is 12.0. The number of benzene rings is 1. The number of hydrogen-bond donors (Lipinski definition) is 0. The maximum Gasteiger partial charge on any atom is 0.410 e. The Balaban J connectivity index is 2.38. The van der Waals surface area contributed by atoms with Crippen LogP contribution >= 0.6 is 11.6 Å². The van der Waals surface area contributed by atoms with Crippen LogP contribution in [0.3, 0.4) is 0 Å².